The van der Waals surface area contributed by atoms with Crippen molar-refractivity contribution >= 4 is 5.97 Å². The Balaban J connectivity index is 0.000000304. The second kappa shape index (κ2) is 8.91. The molecule has 9 heteroatoms. The van der Waals surface area contributed by atoms with Gasteiger partial charge in [-0.1, -0.05) is 18.6 Å². The number of benzene rings is 1. The fourth-order valence-electron chi connectivity index (χ4n) is 5.26. The van der Waals surface area contributed by atoms with Gasteiger partial charge in [-0.3, -0.25) is 0 Å². The van der Waals surface area contributed by atoms with Crippen molar-refractivity contribution < 1.29 is 27.8 Å². The third kappa shape index (κ3) is 4.67. The molecule has 1 saturated heterocycles. The quantitative estimate of drug-likeness (QED) is 0.666. The van der Waals surface area contributed by atoms with Crippen molar-refractivity contribution in [2.75, 3.05) is 19.6 Å². The molecule has 184 valence electrons. The number of imidazole rings is 1. The summed E-state index contributed by atoms with van der Waals surface area (Å²) in [4.78, 5) is 16.5. The van der Waals surface area contributed by atoms with Gasteiger partial charge in [0.15, 0.2) is 5.60 Å². The number of carboxylic acids is 1. The Hall–Kier alpha value is -2.55. The van der Waals surface area contributed by atoms with E-state index in [4.69, 9.17) is 19.6 Å². The molecule has 0 unspecified atom stereocenters. The second-order valence-corrected chi connectivity index (χ2v) is 10.0. The van der Waals surface area contributed by atoms with Crippen molar-refractivity contribution in [3.05, 3.63) is 36.3 Å². The number of piperidine rings is 1. The molecule has 0 amide bonds. The smallest absolute Gasteiger partial charge is 0.480 e. The van der Waals surface area contributed by atoms with Crippen LogP contribution in [0.2, 0.25) is 0 Å². The average Bonchev–Trinajstić information content (AvgIpc) is 3.48. The van der Waals surface area contributed by atoms with Gasteiger partial charge in [-0.2, -0.15) is 13.2 Å². The number of fused-ring (bicyclic) bond motifs is 4. The van der Waals surface area contributed by atoms with E-state index in [9.17, 15) is 13.2 Å². The SMILES string of the molecule is O=C(O)C(F)(F)F.c1ccc2c(c1)OC1(CCN(CC3CC3)CC1)c1c-2ncn1CC1CCC1. The molecule has 4 aliphatic rings. The van der Waals surface area contributed by atoms with Crippen LogP contribution in [0.4, 0.5) is 13.2 Å². The number of aliphatic carboxylic acids is 1. The number of carboxylic acid groups (broad SMARTS) is 1. The van der Waals surface area contributed by atoms with Gasteiger partial charge in [0.05, 0.1) is 17.7 Å². The zero-order valence-electron chi connectivity index (χ0n) is 19.1. The first-order valence-corrected chi connectivity index (χ1v) is 12.1. The van der Waals surface area contributed by atoms with E-state index in [0.717, 1.165) is 50.1 Å². The largest absolute Gasteiger partial charge is 0.490 e. The van der Waals surface area contributed by atoms with E-state index in [1.54, 1.807) is 0 Å². The highest BCUT2D eigenvalue weighted by Crippen LogP contribution is 2.49. The summed E-state index contributed by atoms with van der Waals surface area (Å²) in [5.74, 6) is 0.0567. The van der Waals surface area contributed by atoms with Crippen molar-refractivity contribution in [3.8, 4) is 17.0 Å². The molecule has 1 spiro atoms. The van der Waals surface area contributed by atoms with Gasteiger partial charge in [0.2, 0.25) is 0 Å². The van der Waals surface area contributed by atoms with Crippen molar-refractivity contribution in [3.63, 3.8) is 0 Å². The fourth-order valence-corrected chi connectivity index (χ4v) is 5.26. The Morgan fingerprint density at radius 1 is 1.09 bits per heavy atom. The van der Waals surface area contributed by atoms with Crippen LogP contribution in [0, 0.1) is 11.8 Å². The molecule has 2 saturated carbocycles. The molecule has 6 nitrogen and oxygen atoms in total. The monoisotopic (exact) mass is 477 g/mol. The number of halogens is 3. The maximum Gasteiger partial charge on any atom is 0.490 e. The van der Waals surface area contributed by atoms with E-state index >= 15 is 0 Å². The Morgan fingerprint density at radius 2 is 1.74 bits per heavy atom. The number of alkyl halides is 3. The number of carbonyl (C=O) groups is 1. The summed E-state index contributed by atoms with van der Waals surface area (Å²) in [7, 11) is 0. The molecule has 2 aromatic rings. The summed E-state index contributed by atoms with van der Waals surface area (Å²) < 4.78 is 41.0. The molecule has 1 N–H and O–H groups in total. The van der Waals surface area contributed by atoms with E-state index in [0.29, 0.717) is 0 Å². The van der Waals surface area contributed by atoms with Gasteiger partial charge in [-0.25, -0.2) is 9.78 Å². The van der Waals surface area contributed by atoms with Gasteiger partial charge in [0.25, 0.3) is 0 Å². The Morgan fingerprint density at radius 3 is 2.32 bits per heavy atom. The highest BCUT2D eigenvalue weighted by atomic mass is 19.4. The average molecular weight is 478 g/mol. The first-order valence-electron chi connectivity index (χ1n) is 12.1. The minimum atomic E-state index is -5.08. The molecular formula is C25H30F3N3O3. The van der Waals surface area contributed by atoms with Gasteiger partial charge in [0, 0.05) is 44.6 Å². The van der Waals surface area contributed by atoms with Crippen LogP contribution in [0.15, 0.2) is 30.6 Å². The highest BCUT2D eigenvalue weighted by molar-refractivity contribution is 5.73. The Kier molecular flexibility index (Phi) is 6.08. The van der Waals surface area contributed by atoms with Crippen molar-refractivity contribution in [2.24, 2.45) is 11.8 Å². The lowest BCUT2D eigenvalue weighted by molar-refractivity contribution is -0.192. The van der Waals surface area contributed by atoms with Gasteiger partial charge < -0.3 is 19.3 Å². The fraction of sp³-hybridized carbons (Fsp3) is 0.600. The molecular weight excluding hydrogens is 447 g/mol. The molecule has 3 heterocycles. The predicted octanol–water partition coefficient (Wildman–Crippen LogP) is 5.08. The van der Waals surface area contributed by atoms with Crippen LogP contribution in [0.1, 0.15) is 50.6 Å². The number of rotatable bonds is 4. The minimum Gasteiger partial charge on any atom is -0.480 e. The predicted molar refractivity (Wildman–Crippen MR) is 119 cm³/mol. The van der Waals surface area contributed by atoms with Gasteiger partial charge in [-0.15, -0.1) is 0 Å². The maximum absolute atomic E-state index is 10.6. The number of nitrogens with zero attached hydrogens (tertiary/aromatic N) is 3. The van der Waals surface area contributed by atoms with Crippen LogP contribution in [0.25, 0.3) is 11.3 Å². The number of aromatic nitrogens is 2. The Bertz CT molecular complexity index is 1040. The first-order chi connectivity index (χ1) is 16.2. The first kappa shape index (κ1) is 23.2. The summed E-state index contributed by atoms with van der Waals surface area (Å²) in [6.45, 7) is 4.70. The Labute approximate surface area is 196 Å². The van der Waals surface area contributed by atoms with Crippen molar-refractivity contribution in [1.29, 1.82) is 0 Å². The molecule has 3 fully saturated rings. The van der Waals surface area contributed by atoms with E-state index in [1.807, 2.05) is 0 Å². The summed E-state index contributed by atoms with van der Waals surface area (Å²) in [6, 6.07) is 8.49. The third-order valence-corrected chi connectivity index (χ3v) is 7.52. The lowest BCUT2D eigenvalue weighted by Gasteiger charge is -2.45. The topological polar surface area (TPSA) is 67.6 Å². The molecule has 2 aliphatic heterocycles. The lowest BCUT2D eigenvalue weighted by atomic mass is 9.82. The number of ether oxygens (including phenoxy) is 1. The molecule has 1 aromatic carbocycles. The van der Waals surface area contributed by atoms with Crippen LogP contribution >= 0.6 is 0 Å². The van der Waals surface area contributed by atoms with E-state index < -0.39 is 12.1 Å². The second-order valence-electron chi connectivity index (χ2n) is 10.0. The zero-order valence-corrected chi connectivity index (χ0v) is 19.1. The molecule has 0 atom stereocenters. The summed E-state index contributed by atoms with van der Waals surface area (Å²) in [5, 5.41) is 7.12. The minimum absolute atomic E-state index is 0.190. The molecule has 0 radical (unpaired) electrons. The molecule has 1 aromatic heterocycles. The van der Waals surface area contributed by atoms with Crippen molar-refractivity contribution in [1.82, 2.24) is 14.5 Å². The number of likely N-dealkylation sites (tertiary alicyclic amines) is 1. The lowest BCUT2D eigenvalue weighted by Crippen LogP contribution is -2.49. The molecule has 0 bridgehead atoms. The normalized spacial score (nSPS) is 21.5. The zero-order chi connectivity index (χ0) is 23.9. The number of hydrogen-bond acceptors (Lipinski definition) is 4. The molecule has 34 heavy (non-hydrogen) atoms. The maximum atomic E-state index is 10.6. The third-order valence-electron chi connectivity index (χ3n) is 7.52. The van der Waals surface area contributed by atoms with Crippen LogP contribution in [0.3, 0.4) is 0 Å². The summed E-state index contributed by atoms with van der Waals surface area (Å²) >= 11 is 0. The van der Waals surface area contributed by atoms with Crippen molar-refractivity contribution in [2.45, 2.75) is 63.3 Å². The van der Waals surface area contributed by atoms with E-state index in [1.165, 1.54) is 55.6 Å². The van der Waals surface area contributed by atoms with Gasteiger partial charge in [-0.05, 0) is 49.7 Å². The van der Waals surface area contributed by atoms with Crippen LogP contribution < -0.4 is 4.74 Å². The number of hydrogen-bond donors (Lipinski definition) is 1. The number of para-hydroxylation sites is 1. The standard InChI is InChI=1S/C23H29N3O.C2HF3O2/c1-2-7-20-19(6-1)21-22(26(16-24-21)15-17-4-3-5-17)23(27-20)10-12-25(13-11-23)14-18-8-9-18;3-2(4,5)1(6)7/h1-2,6-7,16-18H,3-5,8-15H2;(H,6,7). The molecule has 2 aliphatic carbocycles. The highest BCUT2D eigenvalue weighted by Gasteiger charge is 2.47. The van der Waals surface area contributed by atoms with Crippen LogP contribution in [0.5, 0.6) is 5.75 Å². The van der Waals surface area contributed by atoms with Gasteiger partial charge >= 0.3 is 12.1 Å². The molecule has 6 rings (SSSR count). The van der Waals surface area contributed by atoms with E-state index in [2.05, 4.69) is 40.1 Å². The van der Waals surface area contributed by atoms with Crippen LogP contribution in [-0.2, 0) is 16.9 Å². The van der Waals surface area contributed by atoms with E-state index in [-0.39, 0.29) is 5.60 Å². The van der Waals surface area contributed by atoms with Gasteiger partial charge in [0.1, 0.15) is 5.75 Å². The summed E-state index contributed by atoms with van der Waals surface area (Å²) in [5.41, 5.74) is 3.51. The van der Waals surface area contributed by atoms with Crippen LogP contribution in [-0.4, -0.2) is 51.3 Å². The summed E-state index contributed by atoms with van der Waals surface area (Å²) in [6.07, 6.45) is 6.16.